The van der Waals surface area contributed by atoms with Gasteiger partial charge in [0, 0.05) is 97.4 Å². The Bertz CT molecular complexity index is 317. The second-order valence-electron chi connectivity index (χ2n) is 8.36. The molecule has 0 radical (unpaired) electrons. The first kappa shape index (κ1) is 19.9. The molecule has 3 fully saturated rings. The van der Waals surface area contributed by atoms with E-state index in [2.05, 4.69) is 50.5 Å². The van der Waals surface area contributed by atoms with Crippen LogP contribution in [0, 0.1) is 0 Å². The predicted octanol–water partition coefficient (Wildman–Crippen LogP) is 0.0830. The lowest BCUT2D eigenvalue weighted by Gasteiger charge is -2.41. The van der Waals surface area contributed by atoms with Gasteiger partial charge < -0.3 is 14.7 Å². The number of hydrogen-bond acceptors (Lipinski definition) is 6. The molecule has 3 saturated heterocycles. The third kappa shape index (κ3) is 6.69. The average molecular weight is 371 g/mol. The Labute approximate surface area is 156 Å². The molecular weight excluding hydrogens is 331 g/mol. The monoisotopic (exact) mass is 370 g/mol. The number of rotatable bonds is 6. The lowest BCUT2D eigenvalue weighted by molar-refractivity contribution is 0.159. The molecule has 146 valence electrons. The topological polar surface area (TPSA) is 19.4 Å². The highest BCUT2D eigenvalue weighted by atomic mass is 31.1. The molecule has 3 aliphatic rings. The first-order valence-corrected chi connectivity index (χ1v) is 11.9. The van der Waals surface area contributed by atoms with Crippen molar-refractivity contribution in [3.63, 3.8) is 0 Å². The van der Waals surface area contributed by atoms with Crippen LogP contribution in [0.15, 0.2) is 0 Å². The Morgan fingerprint density at radius 3 is 0.920 bits per heavy atom. The van der Waals surface area contributed by atoms with Crippen molar-refractivity contribution in [3.8, 4) is 0 Å². The largest absolute Gasteiger partial charge is 0.304 e. The Morgan fingerprint density at radius 2 is 0.680 bits per heavy atom. The van der Waals surface area contributed by atoms with E-state index in [1.165, 1.54) is 97.4 Å². The second-order valence-corrected chi connectivity index (χ2v) is 10.5. The molecule has 0 amide bonds. The highest BCUT2D eigenvalue weighted by Crippen LogP contribution is 2.38. The maximum Gasteiger partial charge on any atom is 0.0208 e. The van der Waals surface area contributed by atoms with Crippen LogP contribution in [0.5, 0.6) is 0 Å². The van der Waals surface area contributed by atoms with E-state index in [9.17, 15) is 0 Å². The molecule has 6 nitrogen and oxygen atoms in total. The molecule has 0 aromatic rings. The normalized spacial score (nSPS) is 27.4. The average Bonchev–Trinajstić information content (AvgIpc) is 2.61. The maximum atomic E-state index is 2.75. The number of piperazine rings is 3. The van der Waals surface area contributed by atoms with Crippen LogP contribution in [0.2, 0.25) is 0 Å². The van der Waals surface area contributed by atoms with Gasteiger partial charge in [-0.05, 0) is 21.1 Å². The smallest absolute Gasteiger partial charge is 0.0208 e. The summed E-state index contributed by atoms with van der Waals surface area (Å²) in [6.45, 7) is 15.0. The lowest BCUT2D eigenvalue weighted by atomic mass is 10.4. The summed E-state index contributed by atoms with van der Waals surface area (Å²) in [6.07, 6.45) is 4.05. The van der Waals surface area contributed by atoms with Gasteiger partial charge in [0.15, 0.2) is 0 Å². The van der Waals surface area contributed by atoms with Crippen molar-refractivity contribution >= 4 is 7.92 Å². The van der Waals surface area contributed by atoms with Crippen molar-refractivity contribution < 1.29 is 0 Å². The van der Waals surface area contributed by atoms with Gasteiger partial charge in [-0.15, -0.1) is 0 Å². The predicted molar refractivity (Wildman–Crippen MR) is 109 cm³/mol. The van der Waals surface area contributed by atoms with Gasteiger partial charge in [0.05, 0.1) is 0 Å². The molecule has 0 aromatic heterocycles. The Kier molecular flexibility index (Phi) is 7.92. The van der Waals surface area contributed by atoms with Crippen molar-refractivity contribution in [1.82, 2.24) is 29.4 Å². The SMILES string of the molecule is CN1CCN(CP(CN2CCN(C)CC2)CN2CCN(C)CC2)CC1. The van der Waals surface area contributed by atoms with Gasteiger partial charge in [0.1, 0.15) is 0 Å². The van der Waals surface area contributed by atoms with Crippen LogP contribution in [0.4, 0.5) is 0 Å². The first-order chi connectivity index (χ1) is 12.1. The van der Waals surface area contributed by atoms with Crippen molar-refractivity contribution in [2.75, 3.05) is 119 Å². The summed E-state index contributed by atoms with van der Waals surface area (Å²) in [5.74, 6) is 0. The van der Waals surface area contributed by atoms with E-state index < -0.39 is 0 Å². The summed E-state index contributed by atoms with van der Waals surface area (Å²) in [6, 6.07) is 0. The lowest BCUT2D eigenvalue weighted by Crippen LogP contribution is -2.48. The molecule has 0 aromatic carbocycles. The van der Waals surface area contributed by atoms with Crippen molar-refractivity contribution in [3.05, 3.63) is 0 Å². The van der Waals surface area contributed by atoms with Gasteiger partial charge in [0.25, 0.3) is 0 Å². The summed E-state index contributed by atoms with van der Waals surface area (Å²) in [5, 5.41) is 0. The molecule has 0 saturated carbocycles. The molecule has 0 unspecified atom stereocenters. The third-order valence-corrected chi connectivity index (χ3v) is 8.39. The molecule has 3 heterocycles. The molecule has 0 bridgehead atoms. The Morgan fingerprint density at radius 1 is 0.440 bits per heavy atom. The van der Waals surface area contributed by atoms with Crippen LogP contribution in [0.3, 0.4) is 0 Å². The molecular formula is C18H39N6P. The van der Waals surface area contributed by atoms with E-state index in [1.54, 1.807) is 0 Å². The summed E-state index contributed by atoms with van der Waals surface area (Å²) in [4.78, 5) is 15.7. The van der Waals surface area contributed by atoms with E-state index in [4.69, 9.17) is 0 Å². The fraction of sp³-hybridized carbons (Fsp3) is 1.00. The summed E-state index contributed by atoms with van der Waals surface area (Å²) >= 11 is 0. The highest BCUT2D eigenvalue weighted by molar-refractivity contribution is 7.57. The maximum absolute atomic E-state index is 2.75. The molecule has 7 heteroatoms. The van der Waals surface area contributed by atoms with E-state index >= 15 is 0 Å². The number of likely N-dealkylation sites (N-methyl/N-ethyl adjacent to an activating group) is 3. The molecule has 0 atom stereocenters. The fourth-order valence-corrected chi connectivity index (χ4v) is 6.76. The van der Waals surface area contributed by atoms with Crippen LogP contribution < -0.4 is 0 Å². The van der Waals surface area contributed by atoms with E-state index in [1.807, 2.05) is 0 Å². The van der Waals surface area contributed by atoms with Gasteiger partial charge in [-0.1, -0.05) is 7.92 Å². The molecule has 3 aliphatic heterocycles. The Hall–Kier alpha value is 0.190. The minimum absolute atomic E-state index is 0.0502. The minimum atomic E-state index is 0.0502. The first-order valence-electron chi connectivity index (χ1n) is 10.0. The molecule has 25 heavy (non-hydrogen) atoms. The van der Waals surface area contributed by atoms with Gasteiger partial charge >= 0.3 is 0 Å². The van der Waals surface area contributed by atoms with Gasteiger partial charge in [-0.25, -0.2) is 0 Å². The van der Waals surface area contributed by atoms with Crippen LogP contribution in [-0.2, 0) is 0 Å². The quantitative estimate of drug-likeness (QED) is 0.613. The fourth-order valence-electron chi connectivity index (χ4n) is 3.95. The van der Waals surface area contributed by atoms with Crippen LogP contribution in [0.1, 0.15) is 0 Å². The molecule has 0 aliphatic carbocycles. The molecule has 0 spiro atoms. The van der Waals surface area contributed by atoms with Gasteiger partial charge in [-0.3, -0.25) is 14.7 Å². The van der Waals surface area contributed by atoms with E-state index in [0.717, 1.165) is 0 Å². The Balaban J connectivity index is 1.51. The zero-order valence-corrected chi connectivity index (χ0v) is 17.6. The van der Waals surface area contributed by atoms with Gasteiger partial charge in [-0.2, -0.15) is 0 Å². The van der Waals surface area contributed by atoms with Crippen molar-refractivity contribution in [1.29, 1.82) is 0 Å². The number of nitrogens with zero attached hydrogens (tertiary/aromatic N) is 6. The van der Waals surface area contributed by atoms with Crippen molar-refractivity contribution in [2.45, 2.75) is 0 Å². The summed E-state index contributed by atoms with van der Waals surface area (Å²) < 4.78 is 0. The zero-order valence-electron chi connectivity index (χ0n) is 16.7. The van der Waals surface area contributed by atoms with E-state index in [0.29, 0.717) is 0 Å². The number of hydrogen-bond donors (Lipinski definition) is 0. The van der Waals surface area contributed by atoms with Gasteiger partial charge in [0.2, 0.25) is 0 Å². The second kappa shape index (κ2) is 9.93. The summed E-state index contributed by atoms with van der Waals surface area (Å²) in [5.41, 5.74) is 0. The van der Waals surface area contributed by atoms with Crippen LogP contribution in [-0.4, -0.2) is 148 Å². The third-order valence-electron chi connectivity index (χ3n) is 5.99. The minimum Gasteiger partial charge on any atom is -0.304 e. The standard InChI is InChI=1S/C18H39N6P/c1-19-4-10-22(11-5-19)16-25(17-23-12-6-20(2)7-13-23)18-24-14-8-21(3)9-15-24/h4-18H2,1-3H3. The zero-order chi connectivity index (χ0) is 17.6. The highest BCUT2D eigenvalue weighted by Gasteiger charge is 2.25. The molecule has 3 rings (SSSR count). The van der Waals surface area contributed by atoms with Crippen LogP contribution in [0.25, 0.3) is 0 Å². The van der Waals surface area contributed by atoms with Crippen LogP contribution >= 0.6 is 7.92 Å². The molecule has 0 N–H and O–H groups in total. The summed E-state index contributed by atoms with van der Waals surface area (Å²) in [7, 11) is 6.83. The van der Waals surface area contributed by atoms with E-state index in [-0.39, 0.29) is 7.92 Å². The van der Waals surface area contributed by atoms with Crippen molar-refractivity contribution in [2.24, 2.45) is 0 Å².